The Morgan fingerprint density at radius 1 is 1.05 bits per heavy atom. The van der Waals surface area contributed by atoms with Gasteiger partial charge in [-0.1, -0.05) is 54.2 Å². The molecule has 112 valence electrons. The topological polar surface area (TPSA) is 26.3 Å². The zero-order chi connectivity index (χ0) is 15.4. The maximum atomic E-state index is 12.1. The number of benzene rings is 1. The number of ketones is 1. The first-order chi connectivity index (χ1) is 10.7. The molecule has 2 aliphatic rings. The molecule has 0 aliphatic heterocycles. The molecule has 0 aromatic heterocycles. The van der Waals surface area contributed by atoms with Crippen LogP contribution in [0.2, 0.25) is 0 Å². The number of rotatable bonds is 3. The van der Waals surface area contributed by atoms with Gasteiger partial charge in [0.2, 0.25) is 0 Å². The molecule has 0 amide bonds. The molecule has 0 N–H and O–H groups in total. The van der Waals surface area contributed by atoms with Gasteiger partial charge in [-0.05, 0) is 36.6 Å². The fourth-order valence-electron chi connectivity index (χ4n) is 3.31. The number of carbonyl (C=O) groups excluding carboxylic acids is 1. The molecule has 1 unspecified atom stereocenters. The lowest BCUT2D eigenvalue weighted by atomic mass is 9.65. The van der Waals surface area contributed by atoms with Gasteiger partial charge in [-0.25, -0.2) is 0 Å². The summed E-state index contributed by atoms with van der Waals surface area (Å²) in [5.41, 5.74) is 2.23. The standard InChI is InChI=1S/C20H20O2/c1-22-19-12-10-17(11-13-19)20(14-6-9-18(21)15-20)16-7-4-2-3-5-8-16/h2-7,9-13H,8,14-15H2,1H3. The van der Waals surface area contributed by atoms with Crippen molar-refractivity contribution in [1.82, 2.24) is 0 Å². The summed E-state index contributed by atoms with van der Waals surface area (Å²) in [7, 11) is 1.67. The summed E-state index contributed by atoms with van der Waals surface area (Å²) in [5.74, 6) is 1.03. The van der Waals surface area contributed by atoms with Crippen LogP contribution in [0.25, 0.3) is 0 Å². The van der Waals surface area contributed by atoms with Crippen molar-refractivity contribution in [2.75, 3.05) is 7.11 Å². The minimum absolute atomic E-state index is 0.195. The van der Waals surface area contributed by atoms with Gasteiger partial charge in [0.1, 0.15) is 5.75 Å². The van der Waals surface area contributed by atoms with Crippen molar-refractivity contribution in [2.24, 2.45) is 0 Å². The van der Waals surface area contributed by atoms with E-state index in [-0.39, 0.29) is 11.2 Å². The van der Waals surface area contributed by atoms with E-state index >= 15 is 0 Å². The molecule has 1 aromatic carbocycles. The number of hydrogen-bond acceptors (Lipinski definition) is 2. The lowest BCUT2D eigenvalue weighted by molar-refractivity contribution is -0.116. The van der Waals surface area contributed by atoms with Crippen molar-refractivity contribution in [1.29, 1.82) is 0 Å². The summed E-state index contributed by atoms with van der Waals surface area (Å²) in [6.07, 6.45) is 16.5. The molecule has 3 rings (SSSR count). The van der Waals surface area contributed by atoms with E-state index in [0.717, 1.165) is 18.6 Å². The monoisotopic (exact) mass is 292 g/mol. The van der Waals surface area contributed by atoms with E-state index in [0.29, 0.717) is 6.42 Å². The second-order valence-corrected chi connectivity index (χ2v) is 5.77. The summed E-state index contributed by atoms with van der Waals surface area (Å²) in [6, 6.07) is 8.13. The Bertz CT molecular complexity index is 674. The Kier molecular flexibility index (Phi) is 4.10. The van der Waals surface area contributed by atoms with Gasteiger partial charge in [-0.3, -0.25) is 4.79 Å². The predicted molar refractivity (Wildman–Crippen MR) is 89.0 cm³/mol. The van der Waals surface area contributed by atoms with Crippen LogP contribution in [0, 0.1) is 0 Å². The molecule has 22 heavy (non-hydrogen) atoms. The molecule has 2 heteroatoms. The van der Waals surface area contributed by atoms with Crippen LogP contribution in [0.15, 0.2) is 72.4 Å². The minimum Gasteiger partial charge on any atom is -0.497 e. The molecule has 2 aliphatic carbocycles. The first-order valence-electron chi connectivity index (χ1n) is 7.61. The number of methoxy groups -OCH3 is 1. The lowest BCUT2D eigenvalue weighted by Gasteiger charge is -2.37. The number of carbonyl (C=O) groups is 1. The van der Waals surface area contributed by atoms with Crippen molar-refractivity contribution in [2.45, 2.75) is 24.7 Å². The van der Waals surface area contributed by atoms with E-state index in [2.05, 4.69) is 36.4 Å². The highest BCUT2D eigenvalue weighted by Gasteiger charge is 2.38. The van der Waals surface area contributed by atoms with Crippen LogP contribution < -0.4 is 4.74 Å². The predicted octanol–water partition coefficient (Wildman–Crippen LogP) is 4.29. The Balaban J connectivity index is 2.08. The van der Waals surface area contributed by atoms with Gasteiger partial charge < -0.3 is 4.74 Å². The fraction of sp³-hybridized carbons (Fsp3) is 0.250. The van der Waals surface area contributed by atoms with Gasteiger partial charge >= 0.3 is 0 Å². The van der Waals surface area contributed by atoms with Crippen LogP contribution in [0.4, 0.5) is 0 Å². The highest BCUT2D eigenvalue weighted by Crippen LogP contribution is 2.44. The average Bonchev–Trinajstić information content (AvgIpc) is 2.84. The summed E-state index contributed by atoms with van der Waals surface area (Å²) < 4.78 is 5.26. The Labute approximate surface area is 131 Å². The van der Waals surface area contributed by atoms with Gasteiger partial charge in [0, 0.05) is 11.8 Å². The van der Waals surface area contributed by atoms with Crippen LogP contribution in [0.1, 0.15) is 24.8 Å². The van der Waals surface area contributed by atoms with Crippen LogP contribution in [0.3, 0.4) is 0 Å². The molecule has 0 saturated carbocycles. The summed E-state index contributed by atoms with van der Waals surface area (Å²) in [4.78, 5) is 12.1. The van der Waals surface area contributed by atoms with Crippen molar-refractivity contribution >= 4 is 5.78 Å². The summed E-state index contributed by atoms with van der Waals surface area (Å²) in [5, 5.41) is 0. The van der Waals surface area contributed by atoms with E-state index in [1.807, 2.05) is 24.3 Å². The van der Waals surface area contributed by atoms with E-state index in [1.165, 1.54) is 11.1 Å². The van der Waals surface area contributed by atoms with Gasteiger partial charge in [0.15, 0.2) is 5.78 Å². The normalized spacial score (nSPS) is 24.0. The molecular formula is C20H20O2. The summed E-state index contributed by atoms with van der Waals surface area (Å²) >= 11 is 0. The maximum absolute atomic E-state index is 12.1. The first kappa shape index (κ1) is 14.6. The average molecular weight is 292 g/mol. The van der Waals surface area contributed by atoms with Crippen molar-refractivity contribution in [3.05, 3.63) is 77.9 Å². The zero-order valence-electron chi connectivity index (χ0n) is 12.8. The molecule has 0 bridgehead atoms. The van der Waals surface area contributed by atoms with Crippen molar-refractivity contribution in [3.8, 4) is 5.75 Å². The largest absolute Gasteiger partial charge is 0.497 e. The quantitative estimate of drug-likeness (QED) is 0.830. The lowest BCUT2D eigenvalue weighted by Crippen LogP contribution is -2.33. The van der Waals surface area contributed by atoms with Crippen molar-refractivity contribution < 1.29 is 9.53 Å². The SMILES string of the molecule is COc1ccc(C2(C3=CC=CC=CC3)CC=CC(=O)C2)cc1. The van der Waals surface area contributed by atoms with E-state index in [4.69, 9.17) is 4.74 Å². The highest BCUT2D eigenvalue weighted by atomic mass is 16.5. The highest BCUT2D eigenvalue weighted by molar-refractivity contribution is 5.92. The second-order valence-electron chi connectivity index (χ2n) is 5.77. The Morgan fingerprint density at radius 2 is 1.86 bits per heavy atom. The van der Waals surface area contributed by atoms with E-state index < -0.39 is 0 Å². The zero-order valence-corrected chi connectivity index (χ0v) is 12.8. The van der Waals surface area contributed by atoms with Crippen LogP contribution >= 0.6 is 0 Å². The molecule has 0 saturated heterocycles. The molecule has 1 aromatic rings. The third kappa shape index (κ3) is 2.69. The maximum Gasteiger partial charge on any atom is 0.156 e. The third-order valence-corrected chi connectivity index (χ3v) is 4.50. The molecule has 0 radical (unpaired) electrons. The fourth-order valence-corrected chi connectivity index (χ4v) is 3.31. The first-order valence-corrected chi connectivity index (χ1v) is 7.61. The minimum atomic E-state index is -0.239. The number of hydrogen-bond donors (Lipinski definition) is 0. The molecule has 0 spiro atoms. The van der Waals surface area contributed by atoms with Gasteiger partial charge in [0.05, 0.1) is 7.11 Å². The smallest absolute Gasteiger partial charge is 0.156 e. The number of allylic oxidation sites excluding steroid dienone is 8. The van der Waals surface area contributed by atoms with Crippen molar-refractivity contribution in [3.63, 3.8) is 0 Å². The van der Waals surface area contributed by atoms with Crippen LogP contribution in [0.5, 0.6) is 5.75 Å². The molecule has 1 atom stereocenters. The summed E-state index contributed by atoms with van der Waals surface area (Å²) in [6.45, 7) is 0. The third-order valence-electron chi connectivity index (χ3n) is 4.50. The molecule has 0 fully saturated rings. The van der Waals surface area contributed by atoms with Crippen LogP contribution in [-0.4, -0.2) is 12.9 Å². The van der Waals surface area contributed by atoms with E-state index in [9.17, 15) is 4.79 Å². The van der Waals surface area contributed by atoms with Crippen LogP contribution in [-0.2, 0) is 10.2 Å². The van der Waals surface area contributed by atoms with Gasteiger partial charge in [0.25, 0.3) is 0 Å². The Morgan fingerprint density at radius 3 is 2.59 bits per heavy atom. The molecular weight excluding hydrogens is 272 g/mol. The van der Waals surface area contributed by atoms with Gasteiger partial charge in [-0.2, -0.15) is 0 Å². The van der Waals surface area contributed by atoms with Gasteiger partial charge in [-0.15, -0.1) is 0 Å². The van der Waals surface area contributed by atoms with E-state index in [1.54, 1.807) is 13.2 Å². The second kappa shape index (κ2) is 6.18. The Hall–Kier alpha value is -2.35. The molecule has 2 nitrogen and oxygen atoms in total. The number of ether oxygens (including phenoxy) is 1. The molecule has 0 heterocycles.